The van der Waals surface area contributed by atoms with Gasteiger partial charge in [0.15, 0.2) is 0 Å². The van der Waals surface area contributed by atoms with Crippen LogP contribution in [0.4, 0.5) is 0 Å². The van der Waals surface area contributed by atoms with Crippen molar-refractivity contribution in [1.82, 2.24) is 19.6 Å². The van der Waals surface area contributed by atoms with Gasteiger partial charge in [0.2, 0.25) is 10.0 Å². The Kier molecular flexibility index (Phi) is 4.89. The van der Waals surface area contributed by atoms with Gasteiger partial charge in [-0.05, 0) is 20.8 Å². The zero-order valence-electron chi connectivity index (χ0n) is 11.4. The molecule has 0 saturated heterocycles. The number of aromatic nitrogens is 2. The highest BCUT2D eigenvalue weighted by Crippen LogP contribution is 2.03. The first kappa shape index (κ1) is 15.1. The third-order valence-electron chi connectivity index (χ3n) is 2.47. The van der Waals surface area contributed by atoms with Crippen molar-refractivity contribution in [2.75, 3.05) is 12.8 Å². The highest BCUT2D eigenvalue weighted by atomic mass is 32.2. The van der Waals surface area contributed by atoms with E-state index in [-0.39, 0.29) is 0 Å². The van der Waals surface area contributed by atoms with Gasteiger partial charge in [0.1, 0.15) is 0 Å². The minimum atomic E-state index is -3.19. The van der Waals surface area contributed by atoms with Crippen LogP contribution in [0.25, 0.3) is 0 Å². The van der Waals surface area contributed by atoms with Crippen molar-refractivity contribution in [2.45, 2.75) is 39.4 Å². The minimum Gasteiger partial charge on any atom is -0.334 e. The fraction of sp³-hybridized carbons (Fsp3) is 0.727. The van der Waals surface area contributed by atoms with Gasteiger partial charge in [0.25, 0.3) is 0 Å². The molecule has 0 amide bonds. The Morgan fingerprint density at radius 1 is 1.44 bits per heavy atom. The van der Waals surface area contributed by atoms with Crippen LogP contribution in [0.3, 0.4) is 0 Å². The Morgan fingerprint density at radius 2 is 2.11 bits per heavy atom. The lowest BCUT2D eigenvalue weighted by atomic mass is 10.1. The van der Waals surface area contributed by atoms with E-state index in [1.165, 1.54) is 6.26 Å². The molecule has 1 heterocycles. The molecule has 0 bridgehead atoms. The number of hydrogen-bond acceptors (Lipinski definition) is 4. The average Bonchev–Trinajstić information content (AvgIpc) is 2.61. The summed E-state index contributed by atoms with van der Waals surface area (Å²) in [6, 6.07) is 0. The molecular formula is C11H22N4O2S. The van der Waals surface area contributed by atoms with E-state index in [0.29, 0.717) is 13.1 Å². The van der Waals surface area contributed by atoms with Crippen LogP contribution in [0, 0.1) is 0 Å². The maximum Gasteiger partial charge on any atom is 0.209 e. The number of imidazole rings is 1. The zero-order valence-corrected chi connectivity index (χ0v) is 12.2. The molecule has 0 aromatic carbocycles. The van der Waals surface area contributed by atoms with E-state index in [9.17, 15) is 8.42 Å². The minimum absolute atomic E-state index is 0.509. The van der Waals surface area contributed by atoms with E-state index >= 15 is 0 Å². The molecule has 0 aliphatic rings. The van der Waals surface area contributed by atoms with E-state index in [1.807, 2.05) is 24.6 Å². The highest BCUT2D eigenvalue weighted by Gasteiger charge is 2.21. The predicted octanol–water partition coefficient (Wildman–Crippen LogP) is 0.320. The first-order chi connectivity index (χ1) is 8.23. The number of rotatable bonds is 7. The molecule has 0 atom stereocenters. The molecule has 0 fully saturated rings. The van der Waals surface area contributed by atoms with Crippen molar-refractivity contribution in [3.05, 3.63) is 18.2 Å². The summed E-state index contributed by atoms with van der Waals surface area (Å²) in [5.74, 6) is 0. The van der Waals surface area contributed by atoms with Crippen molar-refractivity contribution in [2.24, 2.45) is 0 Å². The van der Waals surface area contributed by atoms with Gasteiger partial charge in [0.05, 0.1) is 18.3 Å². The number of sulfonamides is 1. The van der Waals surface area contributed by atoms with Crippen LogP contribution in [0.2, 0.25) is 0 Å². The van der Waals surface area contributed by atoms with Crippen LogP contribution >= 0.6 is 0 Å². The van der Waals surface area contributed by atoms with E-state index in [0.717, 1.165) is 12.2 Å². The molecule has 18 heavy (non-hydrogen) atoms. The Labute approximate surface area is 109 Å². The number of nitrogens with one attached hydrogen (secondary N) is 2. The van der Waals surface area contributed by atoms with Crippen LogP contribution in [-0.2, 0) is 23.1 Å². The second-order valence-electron chi connectivity index (χ2n) is 5.03. The fourth-order valence-corrected chi connectivity index (χ4v) is 2.90. The first-order valence-corrected chi connectivity index (χ1v) is 7.81. The standard InChI is InChI=1S/C11H22N4O2S/c1-5-15-9-13-7-10(15)6-12-8-11(2,3)14-18(4,16)17/h7,9,12,14H,5-6,8H2,1-4H3. The molecule has 2 N–H and O–H groups in total. The second kappa shape index (κ2) is 5.81. The largest absolute Gasteiger partial charge is 0.334 e. The maximum absolute atomic E-state index is 11.2. The Hall–Kier alpha value is -0.920. The third kappa shape index (κ3) is 5.16. The van der Waals surface area contributed by atoms with E-state index < -0.39 is 15.6 Å². The summed E-state index contributed by atoms with van der Waals surface area (Å²) in [6.07, 6.45) is 4.77. The molecule has 104 valence electrons. The molecule has 0 spiro atoms. The molecule has 6 nitrogen and oxygen atoms in total. The summed E-state index contributed by atoms with van der Waals surface area (Å²) in [7, 11) is -3.19. The molecule has 1 aromatic rings. The lowest BCUT2D eigenvalue weighted by Crippen LogP contribution is -2.49. The van der Waals surface area contributed by atoms with E-state index in [4.69, 9.17) is 0 Å². The van der Waals surface area contributed by atoms with Gasteiger partial charge >= 0.3 is 0 Å². The van der Waals surface area contributed by atoms with Crippen LogP contribution in [0.15, 0.2) is 12.5 Å². The normalized spacial score (nSPS) is 12.9. The predicted molar refractivity (Wildman–Crippen MR) is 71.7 cm³/mol. The Morgan fingerprint density at radius 3 is 2.67 bits per heavy atom. The summed E-state index contributed by atoms with van der Waals surface area (Å²) >= 11 is 0. The average molecular weight is 274 g/mol. The van der Waals surface area contributed by atoms with Crippen molar-refractivity contribution >= 4 is 10.0 Å². The van der Waals surface area contributed by atoms with E-state index in [1.54, 1.807) is 6.33 Å². The molecule has 0 saturated carbocycles. The van der Waals surface area contributed by atoms with Crippen LogP contribution in [0.1, 0.15) is 26.5 Å². The zero-order chi connectivity index (χ0) is 13.8. The summed E-state index contributed by atoms with van der Waals surface area (Å²) < 4.78 is 27.0. The summed E-state index contributed by atoms with van der Waals surface area (Å²) in [4.78, 5) is 4.08. The Bertz CT molecular complexity index is 479. The van der Waals surface area contributed by atoms with Crippen LogP contribution < -0.4 is 10.0 Å². The molecule has 0 aliphatic carbocycles. The monoisotopic (exact) mass is 274 g/mol. The fourth-order valence-electron chi connectivity index (χ4n) is 1.82. The molecule has 1 rings (SSSR count). The van der Waals surface area contributed by atoms with Crippen molar-refractivity contribution in [3.63, 3.8) is 0 Å². The van der Waals surface area contributed by atoms with Crippen LogP contribution in [-0.4, -0.2) is 36.3 Å². The van der Waals surface area contributed by atoms with Gasteiger partial charge in [-0.3, -0.25) is 0 Å². The molecule has 1 aromatic heterocycles. The van der Waals surface area contributed by atoms with Gasteiger partial charge in [-0.1, -0.05) is 0 Å². The summed E-state index contributed by atoms with van der Waals surface area (Å²) in [5, 5.41) is 3.24. The van der Waals surface area contributed by atoms with Gasteiger partial charge in [0, 0.05) is 31.4 Å². The van der Waals surface area contributed by atoms with E-state index in [2.05, 4.69) is 21.9 Å². The van der Waals surface area contributed by atoms with Crippen molar-refractivity contribution in [3.8, 4) is 0 Å². The second-order valence-corrected chi connectivity index (χ2v) is 6.78. The van der Waals surface area contributed by atoms with Gasteiger partial charge in [-0.25, -0.2) is 18.1 Å². The van der Waals surface area contributed by atoms with Gasteiger partial charge < -0.3 is 9.88 Å². The van der Waals surface area contributed by atoms with Gasteiger partial charge in [-0.2, -0.15) is 0 Å². The summed E-state index contributed by atoms with van der Waals surface area (Å²) in [5.41, 5.74) is 0.581. The quantitative estimate of drug-likeness (QED) is 0.751. The number of hydrogen-bond donors (Lipinski definition) is 2. The molecule has 0 unspecified atom stereocenters. The van der Waals surface area contributed by atoms with Crippen LogP contribution in [0.5, 0.6) is 0 Å². The number of nitrogens with zero attached hydrogens (tertiary/aromatic N) is 2. The van der Waals surface area contributed by atoms with Crippen molar-refractivity contribution < 1.29 is 8.42 Å². The third-order valence-corrected chi connectivity index (χ3v) is 3.40. The summed E-state index contributed by atoms with van der Waals surface area (Å²) in [6.45, 7) is 7.84. The lowest BCUT2D eigenvalue weighted by molar-refractivity contribution is 0.418. The van der Waals surface area contributed by atoms with Gasteiger partial charge in [-0.15, -0.1) is 0 Å². The molecular weight excluding hydrogens is 252 g/mol. The number of aryl methyl sites for hydroxylation is 1. The van der Waals surface area contributed by atoms with Crippen molar-refractivity contribution in [1.29, 1.82) is 0 Å². The maximum atomic E-state index is 11.2. The molecule has 0 aliphatic heterocycles. The SMILES string of the molecule is CCn1cncc1CNCC(C)(C)NS(C)(=O)=O. The first-order valence-electron chi connectivity index (χ1n) is 5.92. The highest BCUT2D eigenvalue weighted by molar-refractivity contribution is 7.88. The smallest absolute Gasteiger partial charge is 0.209 e. The lowest BCUT2D eigenvalue weighted by Gasteiger charge is -2.25. The Balaban J connectivity index is 2.46. The topological polar surface area (TPSA) is 76.0 Å². The molecule has 0 radical (unpaired) electrons. The molecule has 7 heteroatoms.